The number of nitrogens with zero attached hydrogens (tertiary/aromatic N) is 1. The maximum atomic E-state index is 13.5. The second-order valence-electron chi connectivity index (χ2n) is 7.46. The van der Waals surface area contributed by atoms with E-state index < -0.39 is 22.5 Å². The summed E-state index contributed by atoms with van der Waals surface area (Å²) < 4.78 is 44.0. The van der Waals surface area contributed by atoms with Gasteiger partial charge in [-0.25, -0.2) is 8.42 Å². The average Bonchev–Trinajstić information content (AvgIpc) is 2.85. The van der Waals surface area contributed by atoms with E-state index in [1.54, 1.807) is 61.7 Å². The molecule has 1 amide bonds. The van der Waals surface area contributed by atoms with Crippen LogP contribution in [-0.4, -0.2) is 42.2 Å². The van der Waals surface area contributed by atoms with Gasteiger partial charge in [0.25, 0.3) is 10.0 Å². The van der Waals surface area contributed by atoms with Crippen molar-refractivity contribution >= 4 is 21.6 Å². The Morgan fingerprint density at radius 1 is 0.853 bits per heavy atom. The number of carbonyl (C=O) groups excluding carboxylic acids is 1. The molecule has 0 aliphatic heterocycles. The van der Waals surface area contributed by atoms with E-state index in [1.807, 2.05) is 6.92 Å². The number of aryl methyl sites for hydroxylation is 1. The SMILES string of the molecule is COc1ccc(CNC(=O)CN(c2ccccc2OC)S(=O)(=O)c2ccc(C)cc2)cc1OC. The number of hydrogen-bond acceptors (Lipinski definition) is 6. The van der Waals surface area contributed by atoms with Gasteiger partial charge in [-0.1, -0.05) is 35.9 Å². The van der Waals surface area contributed by atoms with Gasteiger partial charge < -0.3 is 19.5 Å². The average molecular weight is 485 g/mol. The maximum Gasteiger partial charge on any atom is 0.264 e. The van der Waals surface area contributed by atoms with Crippen LogP contribution in [0.5, 0.6) is 17.2 Å². The van der Waals surface area contributed by atoms with Gasteiger partial charge in [-0.05, 0) is 48.9 Å². The molecule has 0 bridgehead atoms. The third kappa shape index (κ3) is 5.60. The zero-order chi connectivity index (χ0) is 24.7. The largest absolute Gasteiger partial charge is 0.495 e. The molecule has 34 heavy (non-hydrogen) atoms. The van der Waals surface area contributed by atoms with E-state index in [-0.39, 0.29) is 17.1 Å². The molecule has 3 aromatic rings. The third-order valence-corrected chi connectivity index (χ3v) is 6.96. The van der Waals surface area contributed by atoms with E-state index in [0.717, 1.165) is 15.4 Å². The third-order valence-electron chi connectivity index (χ3n) is 5.19. The van der Waals surface area contributed by atoms with Crippen LogP contribution in [0.25, 0.3) is 0 Å². The molecule has 180 valence electrons. The quantitative estimate of drug-likeness (QED) is 0.473. The van der Waals surface area contributed by atoms with Crippen molar-refractivity contribution in [1.82, 2.24) is 5.32 Å². The number of hydrogen-bond donors (Lipinski definition) is 1. The Balaban J connectivity index is 1.87. The molecule has 0 spiro atoms. The van der Waals surface area contributed by atoms with Gasteiger partial charge in [-0.2, -0.15) is 0 Å². The number of methoxy groups -OCH3 is 3. The fourth-order valence-corrected chi connectivity index (χ4v) is 4.78. The van der Waals surface area contributed by atoms with Crippen LogP contribution in [0.1, 0.15) is 11.1 Å². The van der Waals surface area contributed by atoms with E-state index in [2.05, 4.69) is 5.32 Å². The molecular formula is C25H28N2O6S. The number of rotatable bonds is 10. The number of para-hydroxylation sites is 2. The van der Waals surface area contributed by atoms with E-state index >= 15 is 0 Å². The monoisotopic (exact) mass is 484 g/mol. The first-order chi connectivity index (χ1) is 16.3. The zero-order valence-corrected chi connectivity index (χ0v) is 20.4. The highest BCUT2D eigenvalue weighted by Crippen LogP contribution is 2.32. The van der Waals surface area contributed by atoms with Crippen molar-refractivity contribution in [2.24, 2.45) is 0 Å². The van der Waals surface area contributed by atoms with Crippen LogP contribution in [0.4, 0.5) is 5.69 Å². The lowest BCUT2D eigenvalue weighted by Crippen LogP contribution is -2.40. The Morgan fingerprint density at radius 3 is 2.15 bits per heavy atom. The minimum Gasteiger partial charge on any atom is -0.495 e. The lowest BCUT2D eigenvalue weighted by Gasteiger charge is -2.25. The molecule has 0 fully saturated rings. The fraction of sp³-hybridized carbons (Fsp3) is 0.240. The second kappa shape index (κ2) is 10.9. The van der Waals surface area contributed by atoms with Crippen LogP contribution in [0, 0.1) is 6.92 Å². The first-order valence-electron chi connectivity index (χ1n) is 10.5. The van der Waals surface area contributed by atoms with E-state index in [1.165, 1.54) is 26.4 Å². The van der Waals surface area contributed by atoms with Crippen LogP contribution in [0.3, 0.4) is 0 Å². The number of benzene rings is 3. The number of anilines is 1. The molecule has 0 saturated heterocycles. The van der Waals surface area contributed by atoms with Crippen molar-refractivity contribution < 1.29 is 27.4 Å². The van der Waals surface area contributed by atoms with E-state index in [9.17, 15) is 13.2 Å². The summed E-state index contributed by atoms with van der Waals surface area (Å²) in [6.45, 7) is 1.63. The molecule has 1 N–H and O–H groups in total. The van der Waals surface area contributed by atoms with Gasteiger partial charge in [0.15, 0.2) is 11.5 Å². The predicted molar refractivity (Wildman–Crippen MR) is 130 cm³/mol. The number of carbonyl (C=O) groups is 1. The Morgan fingerprint density at radius 2 is 1.50 bits per heavy atom. The highest BCUT2D eigenvalue weighted by Gasteiger charge is 2.29. The minimum atomic E-state index is -4.05. The highest BCUT2D eigenvalue weighted by molar-refractivity contribution is 7.92. The van der Waals surface area contributed by atoms with Gasteiger partial charge in [0.1, 0.15) is 12.3 Å². The number of ether oxygens (including phenoxy) is 3. The summed E-state index contributed by atoms with van der Waals surface area (Å²) in [5, 5.41) is 2.78. The van der Waals surface area contributed by atoms with Crippen molar-refractivity contribution in [3.8, 4) is 17.2 Å². The Kier molecular flexibility index (Phi) is 8.01. The lowest BCUT2D eigenvalue weighted by molar-refractivity contribution is -0.119. The van der Waals surface area contributed by atoms with Gasteiger partial charge >= 0.3 is 0 Å². The first-order valence-corrected chi connectivity index (χ1v) is 11.9. The maximum absolute atomic E-state index is 13.5. The number of nitrogens with one attached hydrogen (secondary N) is 1. The Labute approximate surface area is 200 Å². The molecule has 0 unspecified atom stereocenters. The molecule has 3 aromatic carbocycles. The molecule has 9 heteroatoms. The summed E-state index contributed by atoms with van der Waals surface area (Å²) in [5.74, 6) is 0.971. The van der Waals surface area contributed by atoms with Crippen LogP contribution in [-0.2, 0) is 21.4 Å². The van der Waals surface area contributed by atoms with Crippen molar-refractivity contribution in [3.63, 3.8) is 0 Å². The van der Waals surface area contributed by atoms with E-state index in [0.29, 0.717) is 17.2 Å². The Hall–Kier alpha value is -3.72. The molecule has 0 atom stereocenters. The summed E-state index contributed by atoms with van der Waals surface area (Å²) in [4.78, 5) is 13.0. The van der Waals surface area contributed by atoms with Crippen LogP contribution >= 0.6 is 0 Å². The summed E-state index contributed by atoms with van der Waals surface area (Å²) >= 11 is 0. The van der Waals surface area contributed by atoms with Crippen molar-refractivity contribution in [2.75, 3.05) is 32.2 Å². The fourth-order valence-electron chi connectivity index (χ4n) is 3.35. The van der Waals surface area contributed by atoms with Gasteiger partial charge in [0.05, 0.1) is 31.9 Å². The van der Waals surface area contributed by atoms with E-state index in [4.69, 9.17) is 14.2 Å². The number of amides is 1. The molecule has 0 aromatic heterocycles. The molecule has 0 saturated carbocycles. The summed E-state index contributed by atoms with van der Waals surface area (Å²) in [5.41, 5.74) is 1.97. The van der Waals surface area contributed by atoms with Gasteiger partial charge in [-0.3, -0.25) is 9.10 Å². The lowest BCUT2D eigenvalue weighted by atomic mass is 10.2. The highest BCUT2D eigenvalue weighted by atomic mass is 32.2. The Bertz CT molecular complexity index is 1240. The molecule has 8 nitrogen and oxygen atoms in total. The molecular weight excluding hydrogens is 456 g/mol. The second-order valence-corrected chi connectivity index (χ2v) is 9.32. The molecule has 0 radical (unpaired) electrons. The first kappa shape index (κ1) is 24.9. The smallest absolute Gasteiger partial charge is 0.264 e. The normalized spacial score (nSPS) is 10.9. The molecule has 0 aliphatic carbocycles. The van der Waals surface area contributed by atoms with Crippen LogP contribution in [0.2, 0.25) is 0 Å². The van der Waals surface area contributed by atoms with Crippen LogP contribution < -0.4 is 23.8 Å². The standard InChI is InChI=1S/C25H28N2O6S/c1-18-9-12-20(13-10-18)34(29,30)27(21-7-5-6-8-22(21)31-2)17-25(28)26-16-19-11-14-23(32-3)24(15-19)33-4/h5-15H,16-17H2,1-4H3,(H,26,28). The van der Waals surface area contributed by atoms with Crippen molar-refractivity contribution in [2.45, 2.75) is 18.4 Å². The molecule has 3 rings (SSSR count). The van der Waals surface area contributed by atoms with Gasteiger partial charge in [0.2, 0.25) is 5.91 Å². The van der Waals surface area contributed by atoms with Crippen LogP contribution in [0.15, 0.2) is 71.6 Å². The summed E-state index contributed by atoms with van der Waals surface area (Å²) in [7, 11) is 0.477. The van der Waals surface area contributed by atoms with Gasteiger partial charge in [0, 0.05) is 6.54 Å². The van der Waals surface area contributed by atoms with Crippen molar-refractivity contribution in [3.05, 3.63) is 77.9 Å². The predicted octanol–water partition coefficient (Wildman–Crippen LogP) is 3.53. The number of sulfonamides is 1. The summed E-state index contributed by atoms with van der Waals surface area (Å²) in [6.07, 6.45) is 0. The van der Waals surface area contributed by atoms with Crippen molar-refractivity contribution in [1.29, 1.82) is 0 Å². The topological polar surface area (TPSA) is 94.2 Å². The summed E-state index contributed by atoms with van der Waals surface area (Å²) in [6, 6.07) is 18.4. The zero-order valence-electron chi connectivity index (χ0n) is 19.6. The molecule has 0 heterocycles. The minimum absolute atomic E-state index is 0.0803. The van der Waals surface area contributed by atoms with Gasteiger partial charge in [-0.15, -0.1) is 0 Å². The molecule has 0 aliphatic rings.